The van der Waals surface area contributed by atoms with Gasteiger partial charge in [-0.2, -0.15) is 0 Å². The molecule has 16 heavy (non-hydrogen) atoms. The van der Waals surface area contributed by atoms with E-state index in [2.05, 4.69) is 5.32 Å². The van der Waals surface area contributed by atoms with Crippen molar-refractivity contribution in [3.05, 3.63) is 0 Å². The van der Waals surface area contributed by atoms with Gasteiger partial charge in [0.1, 0.15) is 5.54 Å². The maximum absolute atomic E-state index is 11.6. The molecule has 0 radical (unpaired) electrons. The third kappa shape index (κ3) is 3.20. The topological polar surface area (TPSA) is 69.6 Å². The van der Waals surface area contributed by atoms with E-state index in [9.17, 15) is 14.7 Å². The number of likely N-dealkylation sites (N-methyl/N-ethyl adjacent to an activating group) is 1. The normalized spacial score (nSPS) is 13.3. The molecule has 0 aromatic heterocycles. The average molecular weight is 230 g/mol. The second kappa shape index (κ2) is 5.84. The Morgan fingerprint density at radius 2 is 1.75 bits per heavy atom. The van der Waals surface area contributed by atoms with Crippen molar-refractivity contribution in [3.8, 4) is 0 Å². The fourth-order valence-corrected chi connectivity index (χ4v) is 1.68. The number of hydrogen-bond donors (Lipinski definition) is 2. The molecule has 1 unspecified atom stereocenters. The monoisotopic (exact) mass is 230 g/mol. The van der Waals surface area contributed by atoms with E-state index in [-0.39, 0.29) is 5.91 Å². The quantitative estimate of drug-likeness (QED) is 0.704. The van der Waals surface area contributed by atoms with Gasteiger partial charge in [-0.3, -0.25) is 14.9 Å². The van der Waals surface area contributed by atoms with E-state index >= 15 is 0 Å². The van der Waals surface area contributed by atoms with E-state index in [4.69, 9.17) is 0 Å². The Morgan fingerprint density at radius 1 is 1.31 bits per heavy atom. The fourth-order valence-electron chi connectivity index (χ4n) is 1.68. The molecular formula is C11H22N2O3. The van der Waals surface area contributed by atoms with Crippen LogP contribution >= 0.6 is 0 Å². The van der Waals surface area contributed by atoms with Gasteiger partial charge in [0.05, 0.1) is 6.04 Å². The first kappa shape index (κ1) is 14.9. The van der Waals surface area contributed by atoms with Crippen molar-refractivity contribution in [2.75, 3.05) is 14.1 Å². The Balaban J connectivity index is 4.77. The van der Waals surface area contributed by atoms with Gasteiger partial charge >= 0.3 is 5.97 Å². The molecular weight excluding hydrogens is 208 g/mol. The summed E-state index contributed by atoms with van der Waals surface area (Å²) < 4.78 is 0. The Hall–Kier alpha value is -1.10. The molecule has 0 saturated carbocycles. The smallest absolute Gasteiger partial charge is 0.323 e. The highest BCUT2D eigenvalue weighted by Gasteiger charge is 2.37. The lowest BCUT2D eigenvalue weighted by Gasteiger charge is -2.32. The highest BCUT2D eigenvalue weighted by molar-refractivity contribution is 5.84. The number of carbonyl (C=O) groups is 2. The Kier molecular flexibility index (Phi) is 5.44. The molecule has 5 nitrogen and oxygen atoms in total. The van der Waals surface area contributed by atoms with Crippen LogP contribution in [0.1, 0.15) is 33.6 Å². The van der Waals surface area contributed by atoms with Crippen LogP contribution in [0.2, 0.25) is 0 Å². The van der Waals surface area contributed by atoms with E-state index in [1.165, 1.54) is 4.90 Å². The highest BCUT2D eigenvalue weighted by Crippen LogP contribution is 2.16. The van der Waals surface area contributed by atoms with E-state index in [0.717, 1.165) is 0 Å². The highest BCUT2D eigenvalue weighted by atomic mass is 16.4. The molecule has 0 aliphatic heterocycles. The lowest BCUT2D eigenvalue weighted by atomic mass is 9.92. The molecule has 1 atom stereocenters. The first-order valence-electron chi connectivity index (χ1n) is 5.53. The van der Waals surface area contributed by atoms with Gasteiger partial charge in [0.2, 0.25) is 5.91 Å². The molecule has 0 aromatic carbocycles. The molecule has 94 valence electrons. The minimum atomic E-state index is -1.01. The molecule has 0 aromatic rings. The number of carbonyl (C=O) groups excluding carboxylic acids is 1. The van der Waals surface area contributed by atoms with Crippen LogP contribution in [0.4, 0.5) is 0 Å². The number of rotatable bonds is 6. The van der Waals surface area contributed by atoms with Crippen LogP contribution in [0.15, 0.2) is 0 Å². The molecule has 1 amide bonds. The molecule has 0 bridgehead atoms. The lowest BCUT2D eigenvalue weighted by Crippen LogP contribution is -2.58. The molecule has 0 saturated heterocycles. The molecule has 0 rings (SSSR count). The van der Waals surface area contributed by atoms with E-state index < -0.39 is 17.6 Å². The first-order valence-corrected chi connectivity index (χ1v) is 5.53. The SMILES string of the molecule is CCC(CC)(NC(C)C(=O)N(C)C)C(=O)O. The Labute approximate surface area is 96.8 Å². The van der Waals surface area contributed by atoms with Gasteiger partial charge in [-0.15, -0.1) is 0 Å². The van der Waals surface area contributed by atoms with Gasteiger partial charge in [0.15, 0.2) is 0 Å². The van der Waals surface area contributed by atoms with Gasteiger partial charge < -0.3 is 10.0 Å². The van der Waals surface area contributed by atoms with Crippen molar-refractivity contribution in [2.24, 2.45) is 0 Å². The van der Waals surface area contributed by atoms with Gasteiger partial charge in [-0.05, 0) is 19.8 Å². The van der Waals surface area contributed by atoms with Crippen molar-refractivity contribution >= 4 is 11.9 Å². The van der Waals surface area contributed by atoms with Crippen LogP contribution in [0.3, 0.4) is 0 Å². The summed E-state index contributed by atoms with van der Waals surface area (Å²) in [5.74, 6) is -1.02. The number of nitrogens with zero attached hydrogens (tertiary/aromatic N) is 1. The minimum Gasteiger partial charge on any atom is -0.480 e. The van der Waals surface area contributed by atoms with Gasteiger partial charge in [0.25, 0.3) is 0 Å². The predicted octanol–water partition coefficient (Wildman–Crippen LogP) is 0.696. The van der Waals surface area contributed by atoms with Gasteiger partial charge in [-0.25, -0.2) is 0 Å². The summed E-state index contributed by atoms with van der Waals surface area (Å²) in [5.41, 5.74) is -1.01. The minimum absolute atomic E-state index is 0.118. The van der Waals surface area contributed by atoms with Gasteiger partial charge in [0, 0.05) is 14.1 Å². The molecule has 2 N–H and O–H groups in total. The molecule has 0 aliphatic rings. The lowest BCUT2D eigenvalue weighted by molar-refractivity contribution is -0.146. The number of hydrogen-bond acceptors (Lipinski definition) is 3. The summed E-state index contributed by atoms with van der Waals surface area (Å²) >= 11 is 0. The zero-order chi connectivity index (χ0) is 12.9. The number of carboxylic acids is 1. The maximum Gasteiger partial charge on any atom is 0.323 e. The van der Waals surface area contributed by atoms with Gasteiger partial charge in [-0.1, -0.05) is 13.8 Å². The zero-order valence-electron chi connectivity index (χ0n) is 10.7. The first-order chi connectivity index (χ1) is 7.30. The predicted molar refractivity (Wildman–Crippen MR) is 62.2 cm³/mol. The van der Waals surface area contributed by atoms with Crippen LogP contribution < -0.4 is 5.32 Å². The summed E-state index contributed by atoms with van der Waals surface area (Å²) in [6.07, 6.45) is 0.897. The van der Waals surface area contributed by atoms with Crippen LogP contribution in [0, 0.1) is 0 Å². The third-order valence-corrected chi connectivity index (χ3v) is 2.92. The summed E-state index contributed by atoms with van der Waals surface area (Å²) in [6.45, 7) is 5.29. The molecule has 5 heteroatoms. The van der Waals surface area contributed by atoms with E-state index in [1.54, 1.807) is 34.9 Å². The van der Waals surface area contributed by atoms with Crippen molar-refractivity contribution in [2.45, 2.75) is 45.2 Å². The van der Waals surface area contributed by atoms with Crippen LogP contribution in [0.5, 0.6) is 0 Å². The van der Waals surface area contributed by atoms with Crippen molar-refractivity contribution < 1.29 is 14.7 Å². The second-order valence-corrected chi connectivity index (χ2v) is 4.19. The number of carboxylic acid groups (broad SMARTS) is 1. The molecule has 0 spiro atoms. The van der Waals surface area contributed by atoms with Crippen molar-refractivity contribution in [3.63, 3.8) is 0 Å². The van der Waals surface area contributed by atoms with E-state index in [0.29, 0.717) is 12.8 Å². The maximum atomic E-state index is 11.6. The molecule has 0 heterocycles. The van der Waals surface area contributed by atoms with Crippen LogP contribution in [-0.4, -0.2) is 47.6 Å². The number of aliphatic carboxylic acids is 1. The fraction of sp³-hybridized carbons (Fsp3) is 0.818. The average Bonchev–Trinajstić information content (AvgIpc) is 2.23. The second-order valence-electron chi connectivity index (χ2n) is 4.19. The summed E-state index contributed by atoms with van der Waals surface area (Å²) in [7, 11) is 3.31. The molecule has 0 aliphatic carbocycles. The van der Waals surface area contributed by atoms with E-state index in [1.807, 2.05) is 0 Å². The third-order valence-electron chi connectivity index (χ3n) is 2.92. The van der Waals surface area contributed by atoms with Crippen LogP contribution in [0.25, 0.3) is 0 Å². The Bertz CT molecular complexity index is 260. The van der Waals surface area contributed by atoms with Crippen molar-refractivity contribution in [1.82, 2.24) is 10.2 Å². The largest absolute Gasteiger partial charge is 0.480 e. The van der Waals surface area contributed by atoms with Crippen LogP contribution in [-0.2, 0) is 9.59 Å². The molecule has 0 fully saturated rings. The number of nitrogens with one attached hydrogen (secondary N) is 1. The zero-order valence-corrected chi connectivity index (χ0v) is 10.7. The summed E-state index contributed by atoms with van der Waals surface area (Å²) in [6, 6.07) is -0.494. The number of amides is 1. The summed E-state index contributed by atoms with van der Waals surface area (Å²) in [5, 5.41) is 12.1. The van der Waals surface area contributed by atoms with Crippen molar-refractivity contribution in [1.29, 1.82) is 0 Å². The summed E-state index contributed by atoms with van der Waals surface area (Å²) in [4.78, 5) is 24.3. The standard InChI is InChI=1S/C11H22N2O3/c1-6-11(7-2,10(15)16)12-8(3)9(14)13(4)5/h8,12H,6-7H2,1-5H3,(H,15,16). The Morgan fingerprint density at radius 3 is 2.00 bits per heavy atom.